The Kier molecular flexibility index (Phi) is 7.77. The molecule has 0 atom stereocenters. The highest BCUT2D eigenvalue weighted by Crippen LogP contribution is 2.30. The lowest BCUT2D eigenvalue weighted by atomic mass is 10.1. The fourth-order valence-electron chi connectivity index (χ4n) is 3.23. The monoisotopic (exact) mass is 450 g/mol. The quantitative estimate of drug-likeness (QED) is 0.426. The number of aryl methyl sites for hydroxylation is 3. The number of benzene rings is 2. The second-order valence-corrected chi connectivity index (χ2v) is 7.97. The Morgan fingerprint density at radius 3 is 2.55 bits per heavy atom. The molecule has 7 nitrogen and oxygen atoms in total. The number of nitrogens with one attached hydrogen (secondary N) is 1. The van der Waals surface area contributed by atoms with Crippen molar-refractivity contribution in [2.24, 2.45) is 0 Å². The molecule has 0 saturated heterocycles. The number of carbonyl (C=O) groups excluding carboxylic acids is 1. The number of aromatic nitrogens is 1. The number of anilines is 1. The van der Waals surface area contributed by atoms with E-state index in [0.717, 1.165) is 39.6 Å². The molecule has 1 heterocycles. The molecule has 2 aromatic carbocycles. The highest BCUT2D eigenvalue weighted by Gasteiger charge is 2.12. The van der Waals surface area contributed by atoms with Gasteiger partial charge in [-0.25, -0.2) is 0 Å². The summed E-state index contributed by atoms with van der Waals surface area (Å²) in [5.41, 5.74) is 4.19. The molecular weight excluding hydrogens is 420 g/mol. The first-order valence-corrected chi connectivity index (χ1v) is 10.8. The van der Waals surface area contributed by atoms with Crippen molar-refractivity contribution in [2.75, 3.05) is 12.4 Å². The van der Waals surface area contributed by atoms with Crippen LogP contribution in [0, 0.1) is 20.8 Å². The predicted molar refractivity (Wildman–Crippen MR) is 128 cm³/mol. The first kappa shape index (κ1) is 23.9. The lowest BCUT2D eigenvalue weighted by Gasteiger charge is -2.13. The van der Waals surface area contributed by atoms with Gasteiger partial charge in [-0.2, -0.15) is 0 Å². The molecule has 3 rings (SSSR count). The summed E-state index contributed by atoms with van der Waals surface area (Å²) < 4.78 is 22.2. The Morgan fingerprint density at radius 2 is 1.91 bits per heavy atom. The zero-order valence-corrected chi connectivity index (χ0v) is 19.9. The third kappa shape index (κ3) is 6.38. The SMILES string of the molecule is COc1cc(C=CC(=O)Nc2ccc(OC(C)C)cc2C)ccc1OCc1c(C)noc1C. The van der Waals surface area contributed by atoms with Gasteiger partial charge in [-0.05, 0) is 82.2 Å². The van der Waals surface area contributed by atoms with Gasteiger partial charge < -0.3 is 24.1 Å². The van der Waals surface area contributed by atoms with Gasteiger partial charge in [0.2, 0.25) is 5.91 Å². The van der Waals surface area contributed by atoms with Crippen molar-refractivity contribution >= 4 is 17.7 Å². The van der Waals surface area contributed by atoms with Crippen LogP contribution in [0.1, 0.15) is 42.0 Å². The van der Waals surface area contributed by atoms with Gasteiger partial charge in [0.05, 0.1) is 24.5 Å². The van der Waals surface area contributed by atoms with Crippen molar-refractivity contribution in [3.05, 3.63) is 70.6 Å². The largest absolute Gasteiger partial charge is 0.493 e. The van der Waals surface area contributed by atoms with E-state index in [9.17, 15) is 4.79 Å². The second kappa shape index (κ2) is 10.7. The third-order valence-electron chi connectivity index (χ3n) is 5.00. The van der Waals surface area contributed by atoms with E-state index in [2.05, 4.69) is 10.5 Å². The lowest BCUT2D eigenvalue weighted by Crippen LogP contribution is -2.10. The molecule has 33 heavy (non-hydrogen) atoms. The van der Waals surface area contributed by atoms with Crippen LogP contribution >= 0.6 is 0 Å². The number of rotatable bonds is 9. The molecule has 0 aliphatic rings. The van der Waals surface area contributed by atoms with Crippen molar-refractivity contribution in [1.29, 1.82) is 0 Å². The van der Waals surface area contributed by atoms with Crippen LogP contribution in [0.2, 0.25) is 0 Å². The van der Waals surface area contributed by atoms with Crippen LogP contribution in [0.15, 0.2) is 47.0 Å². The Bertz CT molecular complexity index is 1130. The van der Waals surface area contributed by atoms with Gasteiger partial charge in [-0.1, -0.05) is 11.2 Å². The molecule has 0 saturated carbocycles. The summed E-state index contributed by atoms with van der Waals surface area (Å²) in [7, 11) is 1.58. The van der Waals surface area contributed by atoms with Crippen molar-refractivity contribution in [1.82, 2.24) is 5.16 Å². The smallest absolute Gasteiger partial charge is 0.248 e. The molecule has 0 unspecified atom stereocenters. The van der Waals surface area contributed by atoms with E-state index in [1.807, 2.05) is 71.0 Å². The van der Waals surface area contributed by atoms with Crippen molar-refractivity contribution < 1.29 is 23.5 Å². The molecule has 3 aromatic rings. The molecule has 1 N–H and O–H groups in total. The maximum absolute atomic E-state index is 12.4. The van der Waals surface area contributed by atoms with E-state index in [1.54, 1.807) is 13.2 Å². The summed E-state index contributed by atoms with van der Waals surface area (Å²) >= 11 is 0. The molecule has 7 heteroatoms. The van der Waals surface area contributed by atoms with Crippen LogP contribution in [0.4, 0.5) is 5.69 Å². The van der Waals surface area contributed by atoms with Crippen LogP contribution in [0.3, 0.4) is 0 Å². The molecule has 0 fully saturated rings. The number of hydrogen-bond acceptors (Lipinski definition) is 6. The molecular formula is C26H30N2O5. The van der Waals surface area contributed by atoms with E-state index in [1.165, 1.54) is 6.08 Å². The zero-order chi connectivity index (χ0) is 24.0. The highest BCUT2D eigenvalue weighted by atomic mass is 16.5. The highest BCUT2D eigenvalue weighted by molar-refractivity contribution is 6.02. The Labute approximate surface area is 194 Å². The number of carbonyl (C=O) groups is 1. The Balaban J connectivity index is 1.64. The maximum atomic E-state index is 12.4. The third-order valence-corrected chi connectivity index (χ3v) is 5.00. The van der Waals surface area contributed by atoms with Crippen LogP contribution in [0.5, 0.6) is 17.2 Å². The first-order chi connectivity index (χ1) is 15.8. The Hall–Kier alpha value is -3.74. The minimum Gasteiger partial charge on any atom is -0.493 e. The topological polar surface area (TPSA) is 82.8 Å². The van der Waals surface area contributed by atoms with Crippen LogP contribution in [-0.4, -0.2) is 24.3 Å². The average Bonchev–Trinajstić information content (AvgIpc) is 3.09. The molecule has 174 valence electrons. The number of nitrogens with zero attached hydrogens (tertiary/aromatic N) is 1. The number of hydrogen-bond donors (Lipinski definition) is 1. The summed E-state index contributed by atoms with van der Waals surface area (Å²) in [6, 6.07) is 11.1. The van der Waals surface area contributed by atoms with Crippen molar-refractivity contribution in [3.8, 4) is 17.2 Å². The van der Waals surface area contributed by atoms with Gasteiger partial charge in [0.15, 0.2) is 11.5 Å². The number of amides is 1. The van der Waals surface area contributed by atoms with Crippen molar-refractivity contribution in [2.45, 2.75) is 47.3 Å². The first-order valence-electron chi connectivity index (χ1n) is 10.8. The summed E-state index contributed by atoms with van der Waals surface area (Å²) in [4.78, 5) is 12.4. The summed E-state index contributed by atoms with van der Waals surface area (Å²) in [5, 5.41) is 6.83. The van der Waals surface area contributed by atoms with Gasteiger partial charge in [-0.15, -0.1) is 0 Å². The van der Waals surface area contributed by atoms with E-state index in [-0.39, 0.29) is 12.0 Å². The Morgan fingerprint density at radius 1 is 1.12 bits per heavy atom. The lowest BCUT2D eigenvalue weighted by molar-refractivity contribution is -0.111. The zero-order valence-electron chi connectivity index (χ0n) is 19.9. The fourth-order valence-corrected chi connectivity index (χ4v) is 3.23. The van der Waals surface area contributed by atoms with Gasteiger partial charge in [0.1, 0.15) is 18.1 Å². The minimum atomic E-state index is -0.228. The number of methoxy groups -OCH3 is 1. The molecule has 0 spiro atoms. The molecule has 0 bridgehead atoms. The van der Waals surface area contributed by atoms with Gasteiger partial charge >= 0.3 is 0 Å². The summed E-state index contributed by atoms with van der Waals surface area (Å²) in [5.74, 6) is 2.45. The molecule has 0 aliphatic heterocycles. The molecule has 1 aromatic heterocycles. The molecule has 0 radical (unpaired) electrons. The van der Waals surface area contributed by atoms with E-state index >= 15 is 0 Å². The normalized spacial score (nSPS) is 11.1. The fraction of sp³-hybridized carbons (Fsp3) is 0.308. The maximum Gasteiger partial charge on any atom is 0.248 e. The van der Waals surface area contributed by atoms with E-state index < -0.39 is 0 Å². The summed E-state index contributed by atoms with van der Waals surface area (Å²) in [6.45, 7) is 9.93. The van der Waals surface area contributed by atoms with Crippen LogP contribution < -0.4 is 19.5 Å². The van der Waals surface area contributed by atoms with Crippen molar-refractivity contribution in [3.63, 3.8) is 0 Å². The molecule has 1 amide bonds. The standard InChI is InChI=1S/C26H30N2O5/c1-16(2)32-21-9-10-23(17(3)13-21)27-26(29)12-8-20-7-11-24(25(14-20)30-6)31-15-22-18(4)28-33-19(22)5/h7-14,16H,15H2,1-6H3,(H,27,29). The van der Waals surface area contributed by atoms with Gasteiger partial charge in [0.25, 0.3) is 0 Å². The summed E-state index contributed by atoms with van der Waals surface area (Å²) in [6.07, 6.45) is 3.30. The predicted octanol–water partition coefficient (Wildman–Crippen LogP) is 5.63. The average molecular weight is 451 g/mol. The number of ether oxygens (including phenoxy) is 3. The minimum absolute atomic E-state index is 0.0949. The van der Waals surface area contributed by atoms with E-state index in [0.29, 0.717) is 18.1 Å². The van der Waals surface area contributed by atoms with Crippen LogP contribution in [-0.2, 0) is 11.4 Å². The van der Waals surface area contributed by atoms with Gasteiger partial charge in [-0.3, -0.25) is 4.79 Å². The van der Waals surface area contributed by atoms with Gasteiger partial charge in [0, 0.05) is 11.8 Å². The second-order valence-electron chi connectivity index (χ2n) is 7.97. The molecule has 0 aliphatic carbocycles. The van der Waals surface area contributed by atoms with E-state index in [4.69, 9.17) is 18.7 Å². The van der Waals surface area contributed by atoms with Crippen LogP contribution in [0.25, 0.3) is 6.08 Å².